The number of alkyl halides is 3. The van der Waals surface area contributed by atoms with Gasteiger partial charge in [-0.25, -0.2) is 18.4 Å². The molecule has 2 aromatic carbocycles. The highest BCUT2D eigenvalue weighted by atomic mass is 19.4. The first-order valence-electron chi connectivity index (χ1n) is 12.8. The van der Waals surface area contributed by atoms with Gasteiger partial charge in [-0.2, -0.15) is 18.3 Å². The largest absolute Gasteiger partial charge is 0.491 e. The third-order valence-electron chi connectivity index (χ3n) is 6.74. The number of benzene rings is 2. The fourth-order valence-electron chi connectivity index (χ4n) is 4.78. The van der Waals surface area contributed by atoms with Gasteiger partial charge in [0.05, 0.1) is 29.2 Å². The van der Waals surface area contributed by atoms with Gasteiger partial charge in [-0.15, -0.1) is 0 Å². The van der Waals surface area contributed by atoms with Gasteiger partial charge in [-0.1, -0.05) is 32.0 Å². The van der Waals surface area contributed by atoms with E-state index in [2.05, 4.69) is 4.98 Å². The van der Waals surface area contributed by atoms with Crippen LogP contribution in [0.25, 0.3) is 16.9 Å². The Morgan fingerprint density at radius 2 is 1.85 bits per heavy atom. The van der Waals surface area contributed by atoms with Crippen LogP contribution in [0.2, 0.25) is 0 Å². The van der Waals surface area contributed by atoms with E-state index in [0.29, 0.717) is 59.2 Å². The van der Waals surface area contributed by atoms with Gasteiger partial charge in [-0.3, -0.25) is 0 Å². The van der Waals surface area contributed by atoms with E-state index in [9.17, 15) is 22.0 Å². The minimum atomic E-state index is -4.71. The number of nitrogens with zero attached hydrogens (tertiary/aromatic N) is 4. The van der Waals surface area contributed by atoms with Crippen molar-refractivity contribution in [1.29, 1.82) is 0 Å². The third kappa shape index (κ3) is 5.20. The molecule has 0 spiro atoms. The lowest BCUT2D eigenvalue weighted by molar-refractivity contribution is -0.138. The monoisotopic (exact) mass is 557 g/mol. The summed E-state index contributed by atoms with van der Waals surface area (Å²) < 4.78 is 76.7. The quantitative estimate of drug-likeness (QED) is 0.211. The number of hydrogen-bond donors (Lipinski definition) is 1. The molecule has 2 aromatic heterocycles. The first kappa shape index (κ1) is 27.4. The summed E-state index contributed by atoms with van der Waals surface area (Å²) in [7, 11) is 0. The Bertz CT molecular complexity index is 1560. The van der Waals surface area contributed by atoms with Crippen molar-refractivity contribution in [3.8, 4) is 22.7 Å². The Hall–Kier alpha value is -4.15. The fourth-order valence-corrected chi connectivity index (χ4v) is 4.78. The second-order valence-corrected chi connectivity index (χ2v) is 10.2. The first-order valence-corrected chi connectivity index (χ1v) is 12.8. The molecule has 1 aliphatic heterocycles. The SMILES string of the molecule is Cc1cccc(OCC(C)C)c1-n1nc2c(c1-c1ccc(N)c(F)c1)CN(c1ncc(C(F)(F)F)cc1F)CC2. The minimum Gasteiger partial charge on any atom is -0.491 e. The van der Waals surface area contributed by atoms with Crippen LogP contribution in [0.4, 0.5) is 33.5 Å². The van der Waals surface area contributed by atoms with E-state index >= 15 is 0 Å². The first-order chi connectivity index (χ1) is 18.9. The molecule has 0 aliphatic carbocycles. The average Bonchev–Trinajstić information content (AvgIpc) is 3.26. The van der Waals surface area contributed by atoms with Crippen LogP contribution in [0.3, 0.4) is 0 Å². The zero-order chi connectivity index (χ0) is 28.8. The van der Waals surface area contributed by atoms with Crippen molar-refractivity contribution in [2.75, 3.05) is 23.8 Å². The Morgan fingerprint density at radius 1 is 1.07 bits per heavy atom. The summed E-state index contributed by atoms with van der Waals surface area (Å²) >= 11 is 0. The molecule has 0 saturated heterocycles. The lowest BCUT2D eigenvalue weighted by Crippen LogP contribution is -2.32. The average molecular weight is 558 g/mol. The van der Waals surface area contributed by atoms with Crippen molar-refractivity contribution < 1.29 is 26.7 Å². The topological polar surface area (TPSA) is 69.2 Å². The van der Waals surface area contributed by atoms with Gasteiger partial charge in [0, 0.05) is 36.8 Å². The van der Waals surface area contributed by atoms with Gasteiger partial charge in [0.15, 0.2) is 11.6 Å². The highest BCUT2D eigenvalue weighted by Crippen LogP contribution is 2.39. The van der Waals surface area contributed by atoms with Gasteiger partial charge < -0.3 is 15.4 Å². The van der Waals surface area contributed by atoms with Crippen molar-refractivity contribution in [2.45, 2.75) is 39.9 Å². The van der Waals surface area contributed by atoms with Gasteiger partial charge in [0.1, 0.15) is 17.3 Å². The van der Waals surface area contributed by atoms with Crippen LogP contribution in [0.1, 0.15) is 36.2 Å². The normalized spacial score (nSPS) is 13.6. The Labute approximate surface area is 228 Å². The van der Waals surface area contributed by atoms with Crippen LogP contribution in [0.15, 0.2) is 48.7 Å². The van der Waals surface area contributed by atoms with E-state index in [1.54, 1.807) is 15.6 Å². The van der Waals surface area contributed by atoms with Crippen molar-refractivity contribution in [3.63, 3.8) is 0 Å². The molecule has 3 heterocycles. The van der Waals surface area contributed by atoms with Gasteiger partial charge in [0.2, 0.25) is 0 Å². The Kier molecular flexibility index (Phi) is 7.16. The number of fused-ring (bicyclic) bond motifs is 1. The molecule has 0 bridgehead atoms. The second kappa shape index (κ2) is 10.4. The van der Waals surface area contributed by atoms with Crippen LogP contribution < -0.4 is 15.4 Å². The van der Waals surface area contributed by atoms with E-state index in [0.717, 1.165) is 5.56 Å². The zero-order valence-corrected chi connectivity index (χ0v) is 22.2. The molecule has 0 fully saturated rings. The van der Waals surface area contributed by atoms with E-state index in [1.807, 2.05) is 39.0 Å². The van der Waals surface area contributed by atoms with E-state index in [1.165, 1.54) is 12.1 Å². The van der Waals surface area contributed by atoms with Crippen LogP contribution >= 0.6 is 0 Å². The molecule has 11 heteroatoms. The summed E-state index contributed by atoms with van der Waals surface area (Å²) in [6.07, 6.45) is -3.72. The summed E-state index contributed by atoms with van der Waals surface area (Å²) in [5.74, 6) is -1.02. The highest BCUT2D eigenvalue weighted by Gasteiger charge is 2.34. The predicted octanol–water partition coefficient (Wildman–Crippen LogP) is 6.72. The number of hydrogen-bond acceptors (Lipinski definition) is 5. The van der Waals surface area contributed by atoms with Crippen molar-refractivity contribution >= 4 is 11.5 Å². The molecule has 2 N–H and O–H groups in total. The molecule has 0 radical (unpaired) electrons. The lowest BCUT2D eigenvalue weighted by Gasteiger charge is -2.28. The number of rotatable bonds is 6. The molecule has 0 atom stereocenters. The molecule has 6 nitrogen and oxygen atoms in total. The number of aryl methyl sites for hydroxylation is 1. The molecule has 210 valence electrons. The summed E-state index contributed by atoms with van der Waals surface area (Å²) in [5.41, 5.74) is 8.53. The lowest BCUT2D eigenvalue weighted by atomic mass is 10.00. The molecule has 0 unspecified atom stereocenters. The molecular weight excluding hydrogens is 529 g/mol. The maximum absolute atomic E-state index is 14.9. The smallest absolute Gasteiger partial charge is 0.417 e. The third-order valence-corrected chi connectivity index (χ3v) is 6.74. The Morgan fingerprint density at radius 3 is 2.52 bits per heavy atom. The number of para-hydroxylation sites is 1. The predicted molar refractivity (Wildman–Crippen MR) is 142 cm³/mol. The summed E-state index contributed by atoms with van der Waals surface area (Å²) in [6.45, 7) is 6.83. The zero-order valence-electron chi connectivity index (χ0n) is 22.2. The van der Waals surface area contributed by atoms with Gasteiger partial charge in [-0.05, 0) is 42.7 Å². The number of pyridine rings is 1. The molecule has 4 aromatic rings. The van der Waals surface area contributed by atoms with E-state index in [-0.39, 0.29) is 30.5 Å². The number of halogens is 5. The van der Waals surface area contributed by atoms with Crippen LogP contribution in [0, 0.1) is 24.5 Å². The summed E-state index contributed by atoms with van der Waals surface area (Å²) in [5, 5.41) is 4.89. The van der Waals surface area contributed by atoms with Crippen molar-refractivity contribution in [1.82, 2.24) is 14.8 Å². The van der Waals surface area contributed by atoms with E-state index in [4.69, 9.17) is 15.6 Å². The summed E-state index contributed by atoms with van der Waals surface area (Å²) in [4.78, 5) is 5.38. The number of nitrogens with two attached hydrogens (primary N) is 1. The van der Waals surface area contributed by atoms with Crippen molar-refractivity contribution in [2.24, 2.45) is 5.92 Å². The highest BCUT2D eigenvalue weighted by molar-refractivity contribution is 5.72. The maximum atomic E-state index is 14.9. The molecule has 40 heavy (non-hydrogen) atoms. The minimum absolute atomic E-state index is 0.0156. The van der Waals surface area contributed by atoms with Crippen LogP contribution in [0.5, 0.6) is 5.75 Å². The molecular formula is C29H28F5N5O. The standard InChI is InChI=1S/C29H28F5N5O/c1-16(2)15-40-25-6-4-5-17(3)26(25)39-27(18-7-8-23(35)21(30)11-18)20-14-38(10-9-24(20)37-39)28-22(31)12-19(13-36-28)29(32,33)34/h4-8,11-13,16H,9-10,14-15,35H2,1-3H3. The number of ether oxygens (including phenoxy) is 1. The molecule has 1 aliphatic rings. The maximum Gasteiger partial charge on any atom is 0.417 e. The Balaban J connectivity index is 1.65. The fraction of sp³-hybridized carbons (Fsp3) is 0.310. The van der Waals surface area contributed by atoms with Gasteiger partial charge >= 0.3 is 6.18 Å². The number of nitrogen functional groups attached to an aromatic ring is 1. The van der Waals surface area contributed by atoms with Crippen LogP contribution in [-0.2, 0) is 19.1 Å². The molecule has 5 rings (SSSR count). The summed E-state index contributed by atoms with van der Waals surface area (Å²) in [6, 6.07) is 10.5. The van der Waals surface area contributed by atoms with E-state index < -0.39 is 23.4 Å². The number of aromatic nitrogens is 3. The molecule has 0 amide bonds. The van der Waals surface area contributed by atoms with Crippen molar-refractivity contribution in [3.05, 3.63) is 82.7 Å². The molecule has 0 saturated carbocycles. The van der Waals surface area contributed by atoms with Crippen LogP contribution in [-0.4, -0.2) is 27.9 Å². The van der Waals surface area contributed by atoms with Gasteiger partial charge in [0.25, 0.3) is 0 Å². The second-order valence-electron chi connectivity index (χ2n) is 10.2. The number of anilines is 2.